The van der Waals surface area contributed by atoms with Gasteiger partial charge in [-0.25, -0.2) is 0 Å². The Bertz CT molecular complexity index is 164. The van der Waals surface area contributed by atoms with Gasteiger partial charge in [0.05, 0.1) is 0 Å². The molecular weight excluding hydrogens is 262 g/mol. The minimum Gasteiger partial charge on any atom is -0.304 e. The smallest absolute Gasteiger partial charge is 0.0109 e. The van der Waals surface area contributed by atoms with Crippen LogP contribution < -0.4 is 0 Å². The highest BCUT2D eigenvalue weighted by Gasteiger charge is 2.06. The molecule has 0 N–H and O–H groups in total. The molecule has 0 aliphatic rings. The van der Waals surface area contributed by atoms with E-state index in [1.165, 1.54) is 0 Å². The fourth-order valence-electron chi connectivity index (χ4n) is 1.87. The third-order valence-electron chi connectivity index (χ3n) is 3.32. The van der Waals surface area contributed by atoms with E-state index in [2.05, 4.69) is 60.9 Å². The van der Waals surface area contributed by atoms with Crippen LogP contribution in [0.1, 0.15) is 13.8 Å². The van der Waals surface area contributed by atoms with Crippen LogP contribution in [0.2, 0.25) is 0 Å². The van der Waals surface area contributed by atoms with E-state index in [1.807, 2.05) is 0 Å². The van der Waals surface area contributed by atoms with Crippen LogP contribution in [0.15, 0.2) is 0 Å². The first-order chi connectivity index (χ1) is 8.67. The summed E-state index contributed by atoms with van der Waals surface area (Å²) >= 11 is 8.59. The van der Waals surface area contributed by atoms with Crippen LogP contribution in [0.5, 0.6) is 0 Å². The van der Waals surface area contributed by atoms with Gasteiger partial charge in [-0.1, -0.05) is 13.8 Å². The van der Waals surface area contributed by atoms with Crippen LogP contribution >= 0.6 is 25.3 Å². The van der Waals surface area contributed by atoms with Crippen LogP contribution in [0.25, 0.3) is 0 Å². The molecule has 0 bridgehead atoms. The zero-order valence-corrected chi connectivity index (χ0v) is 14.1. The van der Waals surface area contributed by atoms with E-state index >= 15 is 0 Å². The van der Waals surface area contributed by atoms with E-state index in [9.17, 15) is 0 Å². The summed E-state index contributed by atoms with van der Waals surface area (Å²) < 4.78 is 0. The molecule has 0 heterocycles. The highest BCUT2D eigenvalue weighted by Crippen LogP contribution is 1.94. The summed E-state index contributed by atoms with van der Waals surface area (Å²) in [4.78, 5) is 7.33. The molecule has 0 atom stereocenters. The topological polar surface area (TPSA) is 9.72 Å². The van der Waals surface area contributed by atoms with Gasteiger partial charge in [-0.3, -0.25) is 0 Å². The second-order valence-electron chi connectivity index (χ2n) is 4.62. The van der Waals surface area contributed by atoms with Gasteiger partial charge in [0.2, 0.25) is 0 Å². The zero-order chi connectivity index (χ0) is 13.8. The van der Waals surface area contributed by atoms with Crippen LogP contribution in [-0.2, 0) is 0 Å². The number of thiol groups is 2. The Morgan fingerprint density at radius 1 is 0.667 bits per heavy atom. The van der Waals surface area contributed by atoms with Crippen LogP contribution in [-0.4, -0.2) is 85.6 Å². The van der Waals surface area contributed by atoms with E-state index in [1.54, 1.807) is 0 Å². The summed E-state index contributed by atoms with van der Waals surface area (Å²) in [7, 11) is 2.21. The van der Waals surface area contributed by atoms with Crippen molar-refractivity contribution in [3.8, 4) is 0 Å². The lowest BCUT2D eigenvalue weighted by Gasteiger charge is -2.26. The van der Waals surface area contributed by atoms with E-state index in [4.69, 9.17) is 0 Å². The predicted molar refractivity (Wildman–Crippen MR) is 89.4 cm³/mol. The molecule has 0 amide bonds. The highest BCUT2D eigenvalue weighted by atomic mass is 32.1. The number of hydrogen-bond acceptors (Lipinski definition) is 5. The van der Waals surface area contributed by atoms with Crippen LogP contribution in [0, 0.1) is 0 Å². The predicted octanol–water partition coefficient (Wildman–Crippen LogP) is 1.42. The van der Waals surface area contributed by atoms with Gasteiger partial charge in [0.25, 0.3) is 0 Å². The molecule has 5 heteroatoms. The molecule has 0 aromatic rings. The van der Waals surface area contributed by atoms with Gasteiger partial charge >= 0.3 is 0 Å². The molecular formula is C13H31N3S2. The number of rotatable bonds is 12. The highest BCUT2D eigenvalue weighted by molar-refractivity contribution is 7.80. The van der Waals surface area contributed by atoms with Gasteiger partial charge in [0.1, 0.15) is 0 Å². The van der Waals surface area contributed by atoms with Gasteiger partial charge < -0.3 is 14.7 Å². The fourth-order valence-corrected chi connectivity index (χ4v) is 2.44. The van der Waals surface area contributed by atoms with E-state index < -0.39 is 0 Å². The average molecular weight is 294 g/mol. The average Bonchev–Trinajstić information content (AvgIpc) is 2.39. The minimum absolute atomic E-state index is 0.948. The summed E-state index contributed by atoms with van der Waals surface area (Å²) in [6.45, 7) is 13.4. The van der Waals surface area contributed by atoms with Crippen molar-refractivity contribution in [3.05, 3.63) is 0 Å². The quantitative estimate of drug-likeness (QED) is 0.527. The Labute approximate surface area is 125 Å². The normalized spacial score (nSPS) is 12.0. The Morgan fingerprint density at radius 2 is 1.06 bits per heavy atom. The van der Waals surface area contributed by atoms with Crippen molar-refractivity contribution in [2.45, 2.75) is 13.8 Å². The number of nitrogens with zero attached hydrogens (tertiary/aromatic N) is 3. The molecule has 0 radical (unpaired) electrons. The van der Waals surface area contributed by atoms with E-state index in [0.29, 0.717) is 0 Å². The summed E-state index contributed by atoms with van der Waals surface area (Å²) in [6, 6.07) is 0. The maximum absolute atomic E-state index is 4.29. The standard InChI is InChI=1S/C13H31N3S2/c1-4-15(10-12-17)8-6-14(3)7-9-16(5-2)11-13-18/h17-18H,4-13H2,1-3H3. The van der Waals surface area contributed by atoms with Crippen LogP contribution in [0.3, 0.4) is 0 Å². The lowest BCUT2D eigenvalue weighted by molar-refractivity contribution is 0.211. The van der Waals surface area contributed by atoms with Crippen molar-refractivity contribution in [1.82, 2.24) is 14.7 Å². The van der Waals surface area contributed by atoms with Crippen molar-refractivity contribution in [1.29, 1.82) is 0 Å². The monoisotopic (exact) mass is 293 g/mol. The molecule has 0 spiro atoms. The van der Waals surface area contributed by atoms with Gasteiger partial charge in [-0.05, 0) is 20.1 Å². The molecule has 0 aliphatic heterocycles. The first kappa shape index (κ1) is 18.6. The molecule has 0 unspecified atom stereocenters. The zero-order valence-electron chi connectivity index (χ0n) is 12.3. The number of likely N-dealkylation sites (N-methyl/N-ethyl adjacent to an activating group) is 3. The molecule has 0 saturated carbocycles. The van der Waals surface area contributed by atoms with Crippen molar-refractivity contribution in [2.75, 3.05) is 70.9 Å². The third-order valence-corrected chi connectivity index (χ3v) is 3.72. The van der Waals surface area contributed by atoms with Gasteiger partial charge in [0, 0.05) is 50.8 Å². The molecule has 0 saturated heterocycles. The number of hydrogen-bond donors (Lipinski definition) is 2. The first-order valence-electron chi connectivity index (χ1n) is 7.02. The van der Waals surface area contributed by atoms with Gasteiger partial charge in [0.15, 0.2) is 0 Å². The molecule has 3 nitrogen and oxygen atoms in total. The maximum atomic E-state index is 4.29. The molecule has 0 aromatic carbocycles. The Morgan fingerprint density at radius 3 is 1.33 bits per heavy atom. The van der Waals surface area contributed by atoms with Crippen molar-refractivity contribution >= 4 is 25.3 Å². The summed E-state index contributed by atoms with van der Waals surface area (Å²) in [5, 5.41) is 0. The second-order valence-corrected chi connectivity index (χ2v) is 5.51. The Kier molecular flexibility index (Phi) is 13.0. The molecule has 0 aromatic heterocycles. The molecule has 18 heavy (non-hydrogen) atoms. The lowest BCUT2D eigenvalue weighted by Crippen LogP contribution is -2.38. The fraction of sp³-hybridized carbons (Fsp3) is 1.00. The lowest BCUT2D eigenvalue weighted by atomic mass is 10.4. The third kappa shape index (κ3) is 9.50. The van der Waals surface area contributed by atoms with Crippen molar-refractivity contribution in [2.24, 2.45) is 0 Å². The molecule has 0 rings (SSSR count). The maximum Gasteiger partial charge on any atom is 0.0109 e. The van der Waals surface area contributed by atoms with Crippen LogP contribution in [0.4, 0.5) is 0 Å². The summed E-state index contributed by atoms with van der Waals surface area (Å²) in [6.07, 6.45) is 0. The molecule has 110 valence electrons. The van der Waals surface area contributed by atoms with Crippen molar-refractivity contribution < 1.29 is 0 Å². The molecule has 0 aliphatic carbocycles. The van der Waals surface area contributed by atoms with E-state index in [-0.39, 0.29) is 0 Å². The summed E-state index contributed by atoms with van der Waals surface area (Å²) in [5.41, 5.74) is 0. The summed E-state index contributed by atoms with van der Waals surface area (Å²) in [5.74, 6) is 1.90. The minimum atomic E-state index is 0.948. The van der Waals surface area contributed by atoms with Gasteiger partial charge in [-0.2, -0.15) is 25.3 Å². The van der Waals surface area contributed by atoms with Crippen molar-refractivity contribution in [3.63, 3.8) is 0 Å². The largest absolute Gasteiger partial charge is 0.304 e. The Hall–Kier alpha value is 0.580. The molecule has 0 fully saturated rings. The second kappa shape index (κ2) is 12.6. The Balaban J connectivity index is 3.71. The van der Waals surface area contributed by atoms with Gasteiger partial charge in [-0.15, -0.1) is 0 Å². The van der Waals surface area contributed by atoms with E-state index in [0.717, 1.165) is 63.9 Å². The first-order valence-corrected chi connectivity index (χ1v) is 8.29. The SMILES string of the molecule is CCN(CCS)CCN(C)CCN(CC)CCS.